The van der Waals surface area contributed by atoms with Crippen LogP contribution in [0.25, 0.3) is 0 Å². The number of rotatable bonds is 4. The second-order valence-electron chi connectivity index (χ2n) is 7.58. The Labute approximate surface area is 160 Å². The van der Waals surface area contributed by atoms with E-state index in [1.165, 1.54) is 14.0 Å². The number of aliphatic hydroxyl groups excluding tert-OH is 5. The average Bonchev–Trinajstić information content (AvgIpc) is 2.91. The number of aliphatic hydroxyl groups is 6. The highest BCUT2D eigenvalue weighted by Crippen LogP contribution is 2.49. The normalized spacial score (nSPS) is 48.4. The molecule has 2 fully saturated rings. The van der Waals surface area contributed by atoms with E-state index in [9.17, 15) is 35.4 Å². The van der Waals surface area contributed by atoms with Crippen molar-refractivity contribution in [2.75, 3.05) is 13.7 Å². The molecule has 2 heterocycles. The molecule has 28 heavy (non-hydrogen) atoms. The summed E-state index contributed by atoms with van der Waals surface area (Å²) in [6, 6.07) is 0. The Morgan fingerprint density at radius 1 is 1.21 bits per heavy atom. The molecule has 0 bridgehead atoms. The molecule has 3 rings (SSSR count). The minimum Gasteiger partial charge on any atom is -0.471 e. The Morgan fingerprint density at radius 2 is 1.89 bits per heavy atom. The lowest BCUT2D eigenvalue weighted by atomic mass is 9.80. The molecule has 0 aromatic heterocycles. The van der Waals surface area contributed by atoms with Gasteiger partial charge in [0, 0.05) is 12.3 Å². The van der Waals surface area contributed by atoms with E-state index < -0.39 is 73.1 Å². The lowest BCUT2D eigenvalue weighted by molar-refractivity contribution is -0.346. The highest BCUT2D eigenvalue weighted by molar-refractivity contribution is 5.89. The molecule has 1 saturated carbocycles. The fourth-order valence-electron chi connectivity index (χ4n) is 4.21. The number of carbonyl (C=O) groups is 1. The molecule has 0 amide bonds. The summed E-state index contributed by atoms with van der Waals surface area (Å²) in [5.74, 6) is -2.50. The maximum Gasteiger partial charge on any atom is 0.337 e. The Kier molecular flexibility index (Phi) is 5.99. The smallest absolute Gasteiger partial charge is 0.337 e. The topological polar surface area (TPSA) is 175 Å². The second kappa shape index (κ2) is 7.84. The molecule has 10 atom stereocenters. The Hall–Kier alpha value is -1.31. The van der Waals surface area contributed by atoms with E-state index in [1.807, 2.05) is 0 Å². The van der Waals surface area contributed by atoms with Crippen LogP contribution >= 0.6 is 0 Å². The Bertz CT molecular complexity index is 618. The molecule has 0 spiro atoms. The molecule has 11 heteroatoms. The van der Waals surface area contributed by atoms with Crippen LogP contribution in [0, 0.1) is 11.8 Å². The third-order valence-corrected chi connectivity index (χ3v) is 5.66. The van der Waals surface area contributed by atoms with Crippen LogP contribution in [0.2, 0.25) is 0 Å². The summed E-state index contributed by atoms with van der Waals surface area (Å²) in [6.07, 6.45) is -8.88. The molecule has 2 aliphatic heterocycles. The van der Waals surface area contributed by atoms with Gasteiger partial charge in [-0.25, -0.2) is 4.79 Å². The number of hydrogen-bond donors (Lipinski definition) is 6. The van der Waals surface area contributed by atoms with Crippen LogP contribution in [-0.2, 0) is 23.7 Å². The molecule has 0 aromatic carbocycles. The monoisotopic (exact) mass is 406 g/mol. The van der Waals surface area contributed by atoms with Gasteiger partial charge in [0.1, 0.15) is 24.4 Å². The number of methoxy groups -OCH3 is 1. The van der Waals surface area contributed by atoms with Crippen LogP contribution in [0.5, 0.6) is 0 Å². The minimum absolute atomic E-state index is 0.0337. The molecule has 6 N–H and O–H groups in total. The van der Waals surface area contributed by atoms with Gasteiger partial charge in [0.05, 0.1) is 43.2 Å². The van der Waals surface area contributed by atoms with Crippen LogP contribution in [0.15, 0.2) is 11.8 Å². The van der Waals surface area contributed by atoms with Gasteiger partial charge in [-0.1, -0.05) is 0 Å². The number of carbonyl (C=O) groups excluding carboxylic acids is 1. The van der Waals surface area contributed by atoms with Crippen molar-refractivity contribution in [3.05, 3.63) is 11.8 Å². The largest absolute Gasteiger partial charge is 0.471 e. The fraction of sp³-hybridized carbons (Fsp3) is 0.824. The quantitative estimate of drug-likeness (QED) is 0.262. The maximum atomic E-state index is 12.0. The summed E-state index contributed by atoms with van der Waals surface area (Å²) in [6.45, 7) is 0.819. The molecule has 11 nitrogen and oxygen atoms in total. The molecule has 1 aliphatic carbocycles. The zero-order chi connectivity index (χ0) is 20.8. The first-order chi connectivity index (χ1) is 13.1. The first-order valence-corrected chi connectivity index (χ1v) is 8.92. The number of hydrogen-bond acceptors (Lipinski definition) is 11. The van der Waals surface area contributed by atoms with Crippen LogP contribution in [-0.4, -0.2) is 99.0 Å². The predicted octanol–water partition coefficient (Wildman–Crippen LogP) is -3.04. The summed E-state index contributed by atoms with van der Waals surface area (Å²) in [7, 11) is 1.17. The highest BCUT2D eigenvalue weighted by Gasteiger charge is 2.59. The van der Waals surface area contributed by atoms with Gasteiger partial charge in [-0.3, -0.25) is 0 Å². The Balaban J connectivity index is 1.86. The maximum absolute atomic E-state index is 12.0. The van der Waals surface area contributed by atoms with Crippen molar-refractivity contribution < 1.29 is 54.4 Å². The zero-order valence-electron chi connectivity index (χ0n) is 15.4. The third kappa shape index (κ3) is 3.53. The van der Waals surface area contributed by atoms with Crippen molar-refractivity contribution >= 4 is 5.97 Å². The van der Waals surface area contributed by atoms with Gasteiger partial charge in [-0.2, -0.15) is 0 Å². The summed E-state index contributed by atoms with van der Waals surface area (Å²) >= 11 is 0. The van der Waals surface area contributed by atoms with Gasteiger partial charge in [0.2, 0.25) is 6.29 Å². The van der Waals surface area contributed by atoms with Gasteiger partial charge in [-0.05, 0) is 6.92 Å². The van der Waals surface area contributed by atoms with E-state index in [-0.39, 0.29) is 12.0 Å². The molecular weight excluding hydrogens is 380 g/mol. The van der Waals surface area contributed by atoms with E-state index >= 15 is 0 Å². The molecule has 0 aromatic rings. The second-order valence-corrected chi connectivity index (χ2v) is 7.58. The van der Waals surface area contributed by atoms with Crippen LogP contribution < -0.4 is 0 Å². The zero-order valence-corrected chi connectivity index (χ0v) is 15.4. The van der Waals surface area contributed by atoms with E-state index in [2.05, 4.69) is 0 Å². The van der Waals surface area contributed by atoms with E-state index in [4.69, 9.17) is 18.9 Å². The van der Waals surface area contributed by atoms with Crippen molar-refractivity contribution in [3.63, 3.8) is 0 Å². The lowest BCUT2D eigenvalue weighted by Crippen LogP contribution is -2.60. The summed E-state index contributed by atoms with van der Waals surface area (Å²) in [5.41, 5.74) is -1.46. The highest BCUT2D eigenvalue weighted by atomic mass is 16.8. The van der Waals surface area contributed by atoms with Crippen LogP contribution in [0.4, 0.5) is 0 Å². The minimum atomic E-state index is -1.66. The van der Waals surface area contributed by atoms with Gasteiger partial charge >= 0.3 is 5.97 Å². The molecule has 1 unspecified atom stereocenters. The molecule has 0 radical (unpaired) electrons. The summed E-state index contributed by atoms with van der Waals surface area (Å²) in [5, 5.41) is 60.4. The van der Waals surface area contributed by atoms with Crippen molar-refractivity contribution in [3.8, 4) is 0 Å². The lowest BCUT2D eigenvalue weighted by Gasteiger charge is -2.44. The van der Waals surface area contributed by atoms with Crippen LogP contribution in [0.3, 0.4) is 0 Å². The number of ether oxygens (including phenoxy) is 4. The average molecular weight is 406 g/mol. The number of esters is 1. The van der Waals surface area contributed by atoms with E-state index in [1.54, 1.807) is 0 Å². The van der Waals surface area contributed by atoms with Crippen LogP contribution in [0.1, 0.15) is 13.3 Å². The molecule has 160 valence electrons. The predicted molar refractivity (Wildman–Crippen MR) is 88.1 cm³/mol. The van der Waals surface area contributed by atoms with Gasteiger partial charge in [-0.15, -0.1) is 0 Å². The first-order valence-electron chi connectivity index (χ1n) is 8.92. The SMILES string of the molecule is COC(=O)C1=CO[C@@H](OC2O[C@H](CO)[C@@H](O)[C@H](O)[C@H]2O)[C@H]2[C@@H]1[C@H](O)C[C@]2(C)O. The molecular formula is C17H26O11. The van der Waals surface area contributed by atoms with Crippen molar-refractivity contribution in [2.45, 2.75) is 62.0 Å². The van der Waals surface area contributed by atoms with Gasteiger partial charge in [0.15, 0.2) is 6.29 Å². The van der Waals surface area contributed by atoms with Gasteiger partial charge < -0.3 is 49.6 Å². The summed E-state index contributed by atoms with van der Waals surface area (Å²) in [4.78, 5) is 12.0. The molecule has 1 saturated heterocycles. The fourth-order valence-corrected chi connectivity index (χ4v) is 4.21. The van der Waals surface area contributed by atoms with Crippen molar-refractivity contribution in [2.24, 2.45) is 11.8 Å². The van der Waals surface area contributed by atoms with E-state index in [0.29, 0.717) is 0 Å². The number of fused-ring (bicyclic) bond motifs is 1. The standard InChI is InChI=1S/C17H26O11/c1-17(24)3-7(19)9-6(14(23)25-2)5-26-15(10(9)17)28-16-13(22)12(21)11(20)8(4-18)27-16/h5,7-13,15-16,18-22,24H,3-4H2,1-2H3/t7-,8-,9+,10-,11-,12+,13-,15+,16?,17+/m1/s1. The third-order valence-electron chi connectivity index (χ3n) is 5.66. The molecule has 3 aliphatic rings. The van der Waals surface area contributed by atoms with Gasteiger partial charge in [0.25, 0.3) is 0 Å². The first kappa shape index (κ1) is 21.4. The van der Waals surface area contributed by atoms with E-state index in [0.717, 1.165) is 6.26 Å². The van der Waals surface area contributed by atoms with Crippen molar-refractivity contribution in [1.82, 2.24) is 0 Å². The van der Waals surface area contributed by atoms with Crippen molar-refractivity contribution in [1.29, 1.82) is 0 Å². The summed E-state index contributed by atoms with van der Waals surface area (Å²) < 4.78 is 21.1. The Morgan fingerprint density at radius 3 is 2.50 bits per heavy atom.